The Balaban J connectivity index is 0.979. The molecule has 0 saturated carbocycles. The predicted octanol–water partition coefficient (Wildman–Crippen LogP) is 20.0. The van der Waals surface area contributed by atoms with Crippen molar-refractivity contribution >= 4 is 141 Å². The van der Waals surface area contributed by atoms with Gasteiger partial charge in [0.05, 0.1) is 44.9 Å². The van der Waals surface area contributed by atoms with Gasteiger partial charge in [0.15, 0.2) is 5.84 Å². The quantitative estimate of drug-likeness (QED) is 0.169. The van der Waals surface area contributed by atoms with Crippen LogP contribution in [0.25, 0.3) is 129 Å². The molecule has 2 atom stereocenters. The topological polar surface area (TPSA) is 47.7 Å². The first-order valence-electron chi connectivity index (χ1n) is 27.5. The first-order chi connectivity index (χ1) is 39.1. The smallest absolute Gasteiger partial charge is 0.155 e. The van der Waals surface area contributed by atoms with Crippen LogP contribution >= 0.6 is 11.3 Å². The molecular weight excluding hydrogens is 981 g/mol. The molecule has 0 amide bonds. The van der Waals surface area contributed by atoms with Gasteiger partial charge in [0, 0.05) is 69.3 Å². The Morgan fingerprint density at radius 3 is 1.95 bits per heavy atom. The Bertz CT molecular complexity index is 5300. The molecule has 0 spiro atoms. The van der Waals surface area contributed by atoms with Gasteiger partial charge >= 0.3 is 0 Å². The highest BCUT2D eigenvalue weighted by atomic mass is 32.1. The van der Waals surface area contributed by atoms with Crippen LogP contribution < -0.4 is 0 Å². The molecule has 372 valence electrons. The Kier molecular flexibility index (Phi) is 9.68. The molecule has 79 heavy (non-hydrogen) atoms. The molecule has 5 nitrogen and oxygen atoms in total. The van der Waals surface area contributed by atoms with Crippen LogP contribution in [0.4, 0.5) is 0 Å². The number of aliphatic imine (C=N–C) groups is 2. The lowest BCUT2D eigenvalue weighted by molar-refractivity contribution is 0.557. The second-order valence-electron chi connectivity index (χ2n) is 21.5. The van der Waals surface area contributed by atoms with E-state index in [2.05, 4.69) is 253 Å². The molecule has 12 aromatic carbocycles. The minimum Gasteiger partial charge on any atom is -0.455 e. The number of furan rings is 1. The van der Waals surface area contributed by atoms with Gasteiger partial charge in [0.25, 0.3) is 0 Å². The van der Waals surface area contributed by atoms with Gasteiger partial charge in [0.2, 0.25) is 0 Å². The number of benzene rings is 12. The van der Waals surface area contributed by atoms with Crippen molar-refractivity contribution in [2.24, 2.45) is 15.9 Å². The average Bonchev–Trinajstić information content (AvgIpc) is 3.77. The zero-order valence-electron chi connectivity index (χ0n) is 43.2. The van der Waals surface area contributed by atoms with E-state index in [1.54, 1.807) is 0 Å². The molecule has 0 N–H and O–H groups in total. The summed E-state index contributed by atoms with van der Waals surface area (Å²) in [5.41, 5.74) is 13.0. The Morgan fingerprint density at radius 1 is 0.430 bits per heavy atom. The van der Waals surface area contributed by atoms with Gasteiger partial charge in [-0.2, -0.15) is 0 Å². The monoisotopic (exact) mass is 1030 g/mol. The second kappa shape index (κ2) is 17.2. The summed E-state index contributed by atoms with van der Waals surface area (Å²) in [6, 6.07) is 86.4. The van der Waals surface area contributed by atoms with E-state index in [0.717, 1.165) is 90.6 Å². The van der Waals surface area contributed by atoms with Crippen molar-refractivity contribution in [2.75, 3.05) is 0 Å². The fourth-order valence-electron chi connectivity index (χ4n) is 13.5. The normalized spacial score (nSPS) is 15.5. The van der Waals surface area contributed by atoms with Crippen molar-refractivity contribution in [1.29, 1.82) is 0 Å². The number of hydrogen-bond acceptors (Lipinski definition) is 4. The van der Waals surface area contributed by atoms with Crippen molar-refractivity contribution in [2.45, 2.75) is 25.8 Å². The van der Waals surface area contributed by atoms with Crippen LogP contribution in [0, 0.1) is 5.92 Å². The Morgan fingerprint density at radius 2 is 1.09 bits per heavy atom. The summed E-state index contributed by atoms with van der Waals surface area (Å²) in [6.07, 6.45) is 1.64. The molecule has 0 aliphatic carbocycles. The Hall–Kier alpha value is -9.62. The third-order valence-electron chi connectivity index (χ3n) is 17.1. The first-order valence-corrected chi connectivity index (χ1v) is 28.3. The SMILES string of the molecule is CC1CCC(c2c(-n3c4cc5ccccc5cc4c4c5ccccc5ccc43)c3c4ccccc4oc3c3ccccc23)N=C(c2ccc3c(c2)sc2ccccc23)N=C1c1ccc2c(c1)c1ccccc1n2-c1ccccc1. The highest BCUT2D eigenvalue weighted by molar-refractivity contribution is 7.25. The van der Waals surface area contributed by atoms with Crippen LogP contribution in [0.1, 0.15) is 42.5 Å². The number of rotatable bonds is 5. The zero-order valence-corrected chi connectivity index (χ0v) is 44.0. The molecule has 5 heterocycles. The molecule has 1 aliphatic heterocycles. The molecular formula is C73H48N4OS. The van der Waals surface area contributed by atoms with E-state index in [1.165, 1.54) is 79.9 Å². The lowest BCUT2D eigenvalue weighted by atomic mass is 9.86. The first kappa shape index (κ1) is 44.5. The van der Waals surface area contributed by atoms with Gasteiger partial charge in [0.1, 0.15) is 11.2 Å². The summed E-state index contributed by atoms with van der Waals surface area (Å²) in [7, 11) is 0. The highest BCUT2D eigenvalue weighted by Gasteiger charge is 2.32. The summed E-state index contributed by atoms with van der Waals surface area (Å²) in [4.78, 5) is 12.1. The van der Waals surface area contributed by atoms with Crippen molar-refractivity contribution in [3.63, 3.8) is 0 Å². The minimum atomic E-state index is -0.307. The highest BCUT2D eigenvalue weighted by Crippen LogP contribution is 2.50. The van der Waals surface area contributed by atoms with E-state index in [1.807, 2.05) is 11.3 Å². The van der Waals surface area contributed by atoms with E-state index < -0.39 is 0 Å². The Labute approximate surface area is 458 Å². The van der Waals surface area contributed by atoms with Crippen LogP contribution in [0.5, 0.6) is 0 Å². The zero-order chi connectivity index (χ0) is 51.9. The number of para-hydroxylation sites is 3. The van der Waals surface area contributed by atoms with E-state index >= 15 is 0 Å². The van der Waals surface area contributed by atoms with Gasteiger partial charge in [-0.3, -0.25) is 4.99 Å². The van der Waals surface area contributed by atoms with Crippen LogP contribution in [0.3, 0.4) is 0 Å². The van der Waals surface area contributed by atoms with E-state index in [4.69, 9.17) is 14.4 Å². The third-order valence-corrected chi connectivity index (χ3v) is 18.2. The van der Waals surface area contributed by atoms with Gasteiger partial charge < -0.3 is 13.6 Å². The lowest BCUT2D eigenvalue weighted by Gasteiger charge is -2.27. The maximum absolute atomic E-state index is 7.10. The van der Waals surface area contributed by atoms with Crippen molar-refractivity contribution in [3.8, 4) is 11.4 Å². The van der Waals surface area contributed by atoms with E-state index in [-0.39, 0.29) is 12.0 Å². The molecule has 0 saturated heterocycles. The van der Waals surface area contributed by atoms with E-state index in [0.29, 0.717) is 0 Å². The van der Waals surface area contributed by atoms with Gasteiger partial charge in [-0.25, -0.2) is 4.99 Å². The molecule has 0 radical (unpaired) electrons. The van der Waals surface area contributed by atoms with Gasteiger partial charge in [-0.1, -0.05) is 177 Å². The molecule has 0 fully saturated rings. The largest absolute Gasteiger partial charge is 0.455 e. The molecule has 6 heteroatoms. The van der Waals surface area contributed by atoms with Gasteiger partial charge in [-0.15, -0.1) is 11.3 Å². The summed E-state index contributed by atoms with van der Waals surface area (Å²) in [5, 5.41) is 16.7. The van der Waals surface area contributed by atoms with Gasteiger partial charge in [-0.05, 0) is 118 Å². The average molecular weight is 1030 g/mol. The second-order valence-corrected chi connectivity index (χ2v) is 22.6. The lowest BCUT2D eigenvalue weighted by Crippen LogP contribution is -2.20. The molecule has 4 aromatic heterocycles. The summed E-state index contributed by atoms with van der Waals surface area (Å²) in [5.74, 6) is 0.823. The fraction of sp³-hybridized carbons (Fsp3) is 0.0685. The number of amidine groups is 1. The number of fused-ring (bicyclic) bond motifs is 17. The molecule has 16 aromatic rings. The third kappa shape index (κ3) is 6.68. The number of aromatic nitrogens is 2. The fourth-order valence-corrected chi connectivity index (χ4v) is 14.6. The van der Waals surface area contributed by atoms with Crippen LogP contribution in [-0.2, 0) is 0 Å². The molecule has 17 rings (SSSR count). The summed E-state index contributed by atoms with van der Waals surface area (Å²) >= 11 is 1.84. The van der Waals surface area contributed by atoms with Crippen LogP contribution in [-0.4, -0.2) is 20.7 Å². The van der Waals surface area contributed by atoms with E-state index in [9.17, 15) is 0 Å². The number of hydrogen-bond donors (Lipinski definition) is 0. The maximum atomic E-state index is 7.10. The van der Waals surface area contributed by atoms with Crippen LogP contribution in [0.2, 0.25) is 0 Å². The standard InChI is InChI=1S/C73H48N4OS/c1-43-31-36-59(74-73(48-32-35-53-52-24-13-16-30-65(52)79-66(53)42-48)75-70(43)47-34-37-61-57(40-47)51-23-11-14-28-60(51)76(61)49-20-3-2-4-21-49)68-54-25-9-10-26-55(54)72-69(56-27-12-15-29-64(56)78-72)71(68)77-62-38-33-44-17-7-8-22-50(44)67(62)58-39-45-18-5-6-19-46(45)41-63(58)77/h2-30,32-35,37-43,59H,31,36H2,1H3. The number of nitrogens with zero attached hydrogens (tertiary/aromatic N) is 4. The molecule has 0 bridgehead atoms. The molecule has 1 aliphatic rings. The van der Waals surface area contributed by atoms with Crippen molar-refractivity contribution in [3.05, 3.63) is 253 Å². The number of thiophene rings is 1. The summed E-state index contributed by atoms with van der Waals surface area (Å²) < 4.78 is 14.6. The van der Waals surface area contributed by atoms with Crippen LogP contribution in [0.15, 0.2) is 251 Å². The maximum Gasteiger partial charge on any atom is 0.155 e. The van der Waals surface area contributed by atoms with Crippen molar-refractivity contribution < 1.29 is 4.42 Å². The molecule has 2 unspecified atom stereocenters. The predicted molar refractivity (Wildman–Crippen MR) is 335 cm³/mol. The minimum absolute atomic E-state index is 0.0835. The van der Waals surface area contributed by atoms with Crippen molar-refractivity contribution in [1.82, 2.24) is 9.13 Å². The summed E-state index contributed by atoms with van der Waals surface area (Å²) in [6.45, 7) is 2.38.